The molecular weight excluding hydrogens is 528 g/mol. The Hall–Kier alpha value is -3.55. The zero-order valence-corrected chi connectivity index (χ0v) is 23.2. The van der Waals surface area contributed by atoms with Crippen molar-refractivity contribution in [2.45, 2.75) is 32.4 Å². The van der Waals surface area contributed by atoms with Crippen molar-refractivity contribution in [1.29, 1.82) is 0 Å². The minimum absolute atomic E-state index is 0.0275. The van der Waals surface area contributed by atoms with Crippen molar-refractivity contribution >= 4 is 33.3 Å². The van der Waals surface area contributed by atoms with Crippen molar-refractivity contribution in [2.24, 2.45) is 5.92 Å². The second-order valence-electron chi connectivity index (χ2n) is 9.90. The molecule has 3 atom stereocenters. The second-order valence-corrected chi connectivity index (χ2v) is 12.0. The number of nitrogens with one attached hydrogen (secondary N) is 2. The molecule has 2 aromatic carbocycles. The molecule has 3 N–H and O–H groups in total. The lowest BCUT2D eigenvalue weighted by molar-refractivity contribution is -0.134. The van der Waals surface area contributed by atoms with Gasteiger partial charge in [-0.15, -0.1) is 0 Å². The molecule has 2 aliphatic heterocycles. The van der Waals surface area contributed by atoms with Crippen LogP contribution in [0.25, 0.3) is 0 Å². The number of hydrogen-bond donors (Lipinski definition) is 3. The topological polar surface area (TPSA) is 147 Å². The van der Waals surface area contributed by atoms with Gasteiger partial charge in [0, 0.05) is 42.5 Å². The minimum atomic E-state index is -3.46. The van der Waals surface area contributed by atoms with Crippen LogP contribution in [-0.4, -0.2) is 86.6 Å². The van der Waals surface area contributed by atoms with E-state index in [0.29, 0.717) is 34.2 Å². The number of aliphatic hydroxyl groups excluding tert-OH is 1. The fourth-order valence-corrected chi connectivity index (χ4v) is 4.80. The van der Waals surface area contributed by atoms with E-state index in [4.69, 9.17) is 14.2 Å². The Bertz CT molecular complexity index is 1340. The van der Waals surface area contributed by atoms with E-state index < -0.39 is 28.2 Å². The van der Waals surface area contributed by atoms with Gasteiger partial charge in [-0.05, 0) is 37.3 Å². The van der Waals surface area contributed by atoms with Crippen molar-refractivity contribution in [3.8, 4) is 17.2 Å². The number of hydrogen-bond acceptors (Lipinski definition) is 8. The molecule has 0 fully saturated rings. The number of anilines is 2. The van der Waals surface area contributed by atoms with Crippen LogP contribution in [0.1, 0.15) is 19.4 Å². The summed E-state index contributed by atoms with van der Waals surface area (Å²) in [6.45, 7) is 3.89. The first-order valence-electron chi connectivity index (χ1n) is 12.5. The maximum Gasteiger partial charge on any atom is 0.323 e. The first-order valence-corrected chi connectivity index (χ1v) is 14.4. The van der Waals surface area contributed by atoms with E-state index in [2.05, 4.69) is 10.6 Å². The van der Waals surface area contributed by atoms with Gasteiger partial charge in [0.05, 0.1) is 31.9 Å². The van der Waals surface area contributed by atoms with Crippen LogP contribution in [0, 0.1) is 5.92 Å². The predicted molar refractivity (Wildman–Crippen MR) is 145 cm³/mol. The van der Waals surface area contributed by atoms with E-state index in [-0.39, 0.29) is 44.7 Å². The van der Waals surface area contributed by atoms with Crippen LogP contribution >= 0.6 is 0 Å². The number of urea groups is 1. The van der Waals surface area contributed by atoms with Gasteiger partial charge < -0.3 is 34.9 Å². The predicted octanol–water partition coefficient (Wildman–Crippen LogP) is 2.10. The zero-order chi connectivity index (χ0) is 28.3. The molecule has 12 nitrogen and oxygen atoms in total. The molecular formula is C26H34N4O8S. The molecule has 0 saturated heterocycles. The van der Waals surface area contributed by atoms with Crippen molar-refractivity contribution < 1.29 is 37.3 Å². The van der Waals surface area contributed by atoms with Crippen molar-refractivity contribution in [2.75, 3.05) is 50.4 Å². The molecule has 0 unspecified atom stereocenters. The molecule has 2 aliphatic rings. The molecule has 2 heterocycles. The number of rotatable bonds is 7. The summed E-state index contributed by atoms with van der Waals surface area (Å²) in [4.78, 5) is 27.6. The summed E-state index contributed by atoms with van der Waals surface area (Å²) in [6, 6.07) is 9.07. The maximum absolute atomic E-state index is 13.3. The lowest BCUT2D eigenvalue weighted by Crippen LogP contribution is -2.48. The molecule has 2 aromatic rings. The molecule has 13 heteroatoms. The average molecular weight is 563 g/mol. The second kappa shape index (κ2) is 11.7. The fourth-order valence-electron chi connectivity index (χ4n) is 4.38. The molecule has 0 saturated carbocycles. The summed E-state index contributed by atoms with van der Waals surface area (Å²) < 4.78 is 42.3. The lowest BCUT2D eigenvalue weighted by Gasteiger charge is -2.33. The SMILES string of the molecule is C[C@H]1CN([C@@H](C)CO)C(=O)Cc2cc(NC(=O)Nc3ccc4c(c3)OCO4)ccc2O[C@@H]1CN(C)S(C)(=O)=O. The van der Waals surface area contributed by atoms with Gasteiger partial charge in [0.2, 0.25) is 22.7 Å². The van der Waals surface area contributed by atoms with Crippen LogP contribution in [-0.2, 0) is 21.2 Å². The van der Waals surface area contributed by atoms with Crippen LogP contribution in [0.2, 0.25) is 0 Å². The molecule has 3 amide bonds. The Labute approximate surface area is 227 Å². The van der Waals surface area contributed by atoms with Gasteiger partial charge in [0.25, 0.3) is 0 Å². The Balaban J connectivity index is 1.57. The average Bonchev–Trinajstić information content (AvgIpc) is 3.35. The van der Waals surface area contributed by atoms with Gasteiger partial charge in [0.15, 0.2) is 11.5 Å². The third-order valence-electron chi connectivity index (χ3n) is 6.81. The van der Waals surface area contributed by atoms with Crippen molar-refractivity contribution in [3.05, 3.63) is 42.0 Å². The van der Waals surface area contributed by atoms with Crippen LogP contribution in [0.4, 0.5) is 16.2 Å². The fraction of sp³-hybridized carbons (Fsp3) is 0.462. The molecule has 0 radical (unpaired) electrons. The van der Waals surface area contributed by atoms with E-state index in [1.54, 1.807) is 48.2 Å². The Kier molecular flexibility index (Phi) is 8.52. The molecule has 0 spiro atoms. The van der Waals surface area contributed by atoms with E-state index in [0.717, 1.165) is 6.26 Å². The first kappa shape index (κ1) is 28.5. The number of amides is 3. The Morgan fingerprint density at radius 2 is 1.77 bits per heavy atom. The minimum Gasteiger partial charge on any atom is -0.488 e. The molecule has 0 aliphatic carbocycles. The third-order valence-corrected chi connectivity index (χ3v) is 8.09. The highest BCUT2D eigenvalue weighted by Crippen LogP contribution is 2.34. The lowest BCUT2D eigenvalue weighted by atomic mass is 10.0. The number of ether oxygens (including phenoxy) is 3. The molecule has 4 rings (SSSR count). The highest BCUT2D eigenvalue weighted by atomic mass is 32.2. The van der Waals surface area contributed by atoms with Gasteiger partial charge in [0.1, 0.15) is 11.9 Å². The quantitative estimate of drug-likeness (QED) is 0.465. The Morgan fingerprint density at radius 1 is 1.13 bits per heavy atom. The van der Waals surface area contributed by atoms with E-state index >= 15 is 0 Å². The standard InChI is InChI=1S/C26H34N4O8S/c1-16-12-30(17(2)14-31)25(32)10-18-9-19(5-7-21(18)38-24(16)13-29(3)39(4,34)35)27-26(33)28-20-6-8-22-23(11-20)37-15-36-22/h5-9,11,16-17,24,31H,10,12-15H2,1-4H3,(H2,27,28,33)/t16-,17-,24+/m0/s1. The van der Waals surface area contributed by atoms with Crippen LogP contribution < -0.4 is 24.8 Å². The summed E-state index contributed by atoms with van der Waals surface area (Å²) in [5.74, 6) is 1.09. The van der Waals surface area contributed by atoms with Crippen molar-refractivity contribution in [1.82, 2.24) is 9.21 Å². The number of carbonyl (C=O) groups excluding carboxylic acids is 2. The summed E-state index contributed by atoms with van der Waals surface area (Å²) >= 11 is 0. The normalized spacial score (nSPS) is 19.8. The molecule has 212 valence electrons. The molecule has 39 heavy (non-hydrogen) atoms. The summed E-state index contributed by atoms with van der Waals surface area (Å²) in [7, 11) is -1.99. The van der Waals surface area contributed by atoms with Crippen LogP contribution in [0.5, 0.6) is 17.2 Å². The zero-order valence-electron chi connectivity index (χ0n) is 22.3. The van der Waals surface area contributed by atoms with Gasteiger partial charge in [-0.3, -0.25) is 4.79 Å². The third kappa shape index (κ3) is 6.91. The number of benzene rings is 2. The summed E-state index contributed by atoms with van der Waals surface area (Å²) in [5.41, 5.74) is 1.47. The number of likely N-dealkylation sites (N-methyl/N-ethyl adjacent to an activating group) is 1. The maximum atomic E-state index is 13.3. The number of fused-ring (bicyclic) bond motifs is 2. The van der Waals surface area contributed by atoms with Gasteiger partial charge in [-0.25, -0.2) is 17.5 Å². The molecule has 0 aromatic heterocycles. The van der Waals surface area contributed by atoms with Gasteiger partial charge in [-0.2, -0.15) is 0 Å². The Morgan fingerprint density at radius 3 is 2.44 bits per heavy atom. The smallest absolute Gasteiger partial charge is 0.323 e. The summed E-state index contributed by atoms with van der Waals surface area (Å²) in [6.07, 6.45) is 0.521. The highest BCUT2D eigenvalue weighted by Gasteiger charge is 2.32. The monoisotopic (exact) mass is 562 g/mol. The van der Waals surface area contributed by atoms with Crippen molar-refractivity contribution in [3.63, 3.8) is 0 Å². The van der Waals surface area contributed by atoms with E-state index in [9.17, 15) is 23.1 Å². The van der Waals surface area contributed by atoms with Crippen LogP contribution in [0.15, 0.2) is 36.4 Å². The van der Waals surface area contributed by atoms with E-state index in [1.807, 2.05) is 6.92 Å². The number of aliphatic hydroxyl groups is 1. The van der Waals surface area contributed by atoms with E-state index in [1.165, 1.54) is 11.4 Å². The highest BCUT2D eigenvalue weighted by molar-refractivity contribution is 7.88. The van der Waals surface area contributed by atoms with Crippen LogP contribution in [0.3, 0.4) is 0 Å². The molecule has 0 bridgehead atoms. The number of carbonyl (C=O) groups is 2. The largest absolute Gasteiger partial charge is 0.488 e. The number of nitrogens with zero attached hydrogens (tertiary/aromatic N) is 2. The van der Waals surface area contributed by atoms with Gasteiger partial charge in [-0.1, -0.05) is 6.92 Å². The first-order chi connectivity index (χ1) is 18.4. The number of sulfonamides is 1. The van der Waals surface area contributed by atoms with Gasteiger partial charge >= 0.3 is 6.03 Å². The summed E-state index contributed by atoms with van der Waals surface area (Å²) in [5, 5.41) is 15.3.